The fourth-order valence-electron chi connectivity index (χ4n) is 2.82. The second kappa shape index (κ2) is 8.12. The Labute approximate surface area is 171 Å². The first kappa shape index (κ1) is 18.7. The fraction of sp³-hybridized carbons (Fsp3) is 0.190. The summed E-state index contributed by atoms with van der Waals surface area (Å²) in [5.74, 6) is 1.94. The SMILES string of the molecule is Cc1cc(Cl)ccc1OCc1csc(C(=O)Nc2ccc3c(c2)OCCO3)c1. The Bertz CT molecular complexity index is 1020. The lowest BCUT2D eigenvalue weighted by atomic mass is 10.2. The number of hydrogen-bond donors (Lipinski definition) is 1. The van der Waals surface area contributed by atoms with Gasteiger partial charge in [0, 0.05) is 22.3 Å². The van der Waals surface area contributed by atoms with Crippen molar-refractivity contribution in [1.29, 1.82) is 0 Å². The lowest BCUT2D eigenvalue weighted by Crippen LogP contribution is -2.16. The van der Waals surface area contributed by atoms with Gasteiger partial charge in [-0.05, 0) is 54.3 Å². The summed E-state index contributed by atoms with van der Waals surface area (Å²) in [6.45, 7) is 3.37. The fourth-order valence-corrected chi connectivity index (χ4v) is 3.84. The highest BCUT2D eigenvalue weighted by Gasteiger charge is 2.15. The summed E-state index contributed by atoms with van der Waals surface area (Å²) in [5, 5.41) is 5.49. The summed E-state index contributed by atoms with van der Waals surface area (Å²) < 4.78 is 16.9. The second-order valence-corrected chi connectivity index (χ2v) is 7.68. The molecule has 0 unspecified atom stereocenters. The number of halogens is 1. The number of amides is 1. The van der Waals surface area contributed by atoms with Crippen LogP contribution in [0.4, 0.5) is 5.69 Å². The predicted molar refractivity (Wildman–Crippen MR) is 110 cm³/mol. The zero-order valence-electron chi connectivity index (χ0n) is 15.2. The minimum atomic E-state index is -0.171. The van der Waals surface area contributed by atoms with Crippen molar-refractivity contribution in [3.8, 4) is 17.2 Å². The molecule has 1 aliphatic heterocycles. The first-order chi connectivity index (χ1) is 13.6. The van der Waals surface area contributed by atoms with E-state index in [0.717, 1.165) is 16.9 Å². The van der Waals surface area contributed by atoms with Crippen LogP contribution in [0.3, 0.4) is 0 Å². The van der Waals surface area contributed by atoms with Gasteiger partial charge in [0.2, 0.25) is 0 Å². The number of hydrogen-bond acceptors (Lipinski definition) is 5. The molecule has 0 aliphatic carbocycles. The van der Waals surface area contributed by atoms with Crippen molar-refractivity contribution in [2.45, 2.75) is 13.5 Å². The molecule has 0 atom stereocenters. The highest BCUT2D eigenvalue weighted by atomic mass is 35.5. The van der Waals surface area contributed by atoms with Gasteiger partial charge in [0.15, 0.2) is 11.5 Å². The van der Waals surface area contributed by atoms with E-state index in [1.807, 2.05) is 30.5 Å². The number of thiophene rings is 1. The van der Waals surface area contributed by atoms with Crippen molar-refractivity contribution < 1.29 is 19.0 Å². The maximum absolute atomic E-state index is 12.5. The predicted octanol–water partition coefficient (Wildman–Crippen LogP) is 5.31. The zero-order chi connectivity index (χ0) is 19.5. The van der Waals surface area contributed by atoms with E-state index in [4.69, 9.17) is 25.8 Å². The van der Waals surface area contributed by atoms with Gasteiger partial charge in [-0.3, -0.25) is 4.79 Å². The summed E-state index contributed by atoms with van der Waals surface area (Å²) in [5.41, 5.74) is 2.57. The maximum Gasteiger partial charge on any atom is 0.265 e. The van der Waals surface area contributed by atoms with Crippen molar-refractivity contribution in [2.24, 2.45) is 0 Å². The van der Waals surface area contributed by atoms with Gasteiger partial charge in [-0.1, -0.05) is 11.6 Å². The summed E-state index contributed by atoms with van der Waals surface area (Å²) in [6, 6.07) is 12.7. The Balaban J connectivity index is 1.39. The van der Waals surface area contributed by atoms with Crippen molar-refractivity contribution in [3.05, 3.63) is 68.9 Å². The van der Waals surface area contributed by atoms with Crippen molar-refractivity contribution in [2.75, 3.05) is 18.5 Å². The molecule has 0 fully saturated rings. The van der Waals surface area contributed by atoms with Crippen molar-refractivity contribution in [1.82, 2.24) is 0 Å². The topological polar surface area (TPSA) is 56.8 Å². The molecule has 1 aliphatic rings. The molecular formula is C21H18ClNO4S. The summed E-state index contributed by atoms with van der Waals surface area (Å²) in [6.07, 6.45) is 0. The summed E-state index contributed by atoms with van der Waals surface area (Å²) in [7, 11) is 0. The highest BCUT2D eigenvalue weighted by Crippen LogP contribution is 2.33. The van der Waals surface area contributed by atoms with Crippen LogP contribution in [-0.2, 0) is 6.61 Å². The van der Waals surface area contributed by atoms with E-state index in [0.29, 0.717) is 46.9 Å². The van der Waals surface area contributed by atoms with Gasteiger partial charge >= 0.3 is 0 Å². The molecular weight excluding hydrogens is 398 g/mol. The van der Waals surface area contributed by atoms with E-state index in [-0.39, 0.29) is 5.91 Å². The highest BCUT2D eigenvalue weighted by molar-refractivity contribution is 7.12. The normalized spacial score (nSPS) is 12.5. The molecule has 7 heteroatoms. The Morgan fingerprint density at radius 1 is 1.14 bits per heavy atom. The molecule has 1 N–H and O–H groups in total. The van der Waals surface area contributed by atoms with E-state index in [9.17, 15) is 4.79 Å². The lowest BCUT2D eigenvalue weighted by Gasteiger charge is -2.18. The third-order valence-electron chi connectivity index (χ3n) is 4.21. The van der Waals surface area contributed by atoms with Crippen LogP contribution in [0.1, 0.15) is 20.8 Å². The van der Waals surface area contributed by atoms with E-state index in [2.05, 4.69) is 5.32 Å². The Morgan fingerprint density at radius 2 is 1.96 bits per heavy atom. The monoisotopic (exact) mass is 415 g/mol. The maximum atomic E-state index is 12.5. The van der Waals surface area contributed by atoms with Crippen molar-refractivity contribution >= 4 is 34.5 Å². The van der Waals surface area contributed by atoms with Crippen LogP contribution in [0.5, 0.6) is 17.2 Å². The standard InChI is InChI=1S/C21H18ClNO4S/c1-13-8-15(22)2-4-17(13)27-11-14-9-20(28-12-14)21(24)23-16-3-5-18-19(10-16)26-7-6-25-18/h2-5,8-10,12H,6-7,11H2,1H3,(H,23,24). The molecule has 0 spiro atoms. The van der Waals surface area contributed by atoms with Gasteiger partial charge in [0.05, 0.1) is 4.88 Å². The van der Waals surface area contributed by atoms with E-state index in [1.165, 1.54) is 11.3 Å². The van der Waals surface area contributed by atoms with Gasteiger partial charge in [-0.25, -0.2) is 0 Å². The number of rotatable bonds is 5. The van der Waals surface area contributed by atoms with Gasteiger partial charge in [-0.2, -0.15) is 0 Å². The van der Waals surface area contributed by atoms with Crippen LogP contribution < -0.4 is 19.5 Å². The van der Waals surface area contributed by atoms with Gasteiger partial charge < -0.3 is 19.5 Å². The first-order valence-corrected chi connectivity index (χ1v) is 10.0. The largest absolute Gasteiger partial charge is 0.489 e. The number of ether oxygens (including phenoxy) is 3. The molecule has 28 heavy (non-hydrogen) atoms. The van der Waals surface area contributed by atoms with E-state index in [1.54, 1.807) is 24.3 Å². The quantitative estimate of drug-likeness (QED) is 0.613. The number of carbonyl (C=O) groups excluding carboxylic acids is 1. The third-order valence-corrected chi connectivity index (χ3v) is 5.42. The Hall–Kier alpha value is -2.70. The molecule has 0 radical (unpaired) electrons. The second-order valence-electron chi connectivity index (χ2n) is 6.33. The number of anilines is 1. The molecule has 3 aromatic rings. The molecule has 2 heterocycles. The van der Waals surface area contributed by atoms with Crippen LogP contribution in [0.15, 0.2) is 47.8 Å². The first-order valence-electron chi connectivity index (χ1n) is 8.76. The van der Waals surface area contributed by atoms with Crippen LogP contribution >= 0.6 is 22.9 Å². The Kier molecular flexibility index (Phi) is 5.41. The van der Waals surface area contributed by atoms with Crippen LogP contribution in [0.2, 0.25) is 5.02 Å². The lowest BCUT2D eigenvalue weighted by molar-refractivity contribution is 0.103. The molecule has 4 rings (SSSR count). The molecule has 5 nitrogen and oxygen atoms in total. The average Bonchev–Trinajstić information content (AvgIpc) is 3.16. The molecule has 0 bridgehead atoms. The number of carbonyl (C=O) groups is 1. The van der Waals surface area contributed by atoms with Gasteiger partial charge in [0.25, 0.3) is 5.91 Å². The summed E-state index contributed by atoms with van der Waals surface area (Å²) >= 11 is 7.34. The Morgan fingerprint density at radius 3 is 2.79 bits per heavy atom. The van der Waals surface area contributed by atoms with Gasteiger partial charge in [-0.15, -0.1) is 11.3 Å². The number of benzene rings is 2. The molecule has 0 saturated carbocycles. The van der Waals surface area contributed by atoms with Crippen LogP contribution in [0, 0.1) is 6.92 Å². The number of aryl methyl sites for hydroxylation is 1. The molecule has 1 aromatic heterocycles. The third kappa shape index (κ3) is 4.24. The van der Waals surface area contributed by atoms with Crippen molar-refractivity contribution in [3.63, 3.8) is 0 Å². The van der Waals surface area contributed by atoms with Gasteiger partial charge in [0.1, 0.15) is 25.6 Å². The zero-order valence-corrected chi connectivity index (χ0v) is 16.7. The number of nitrogens with one attached hydrogen (secondary N) is 1. The average molecular weight is 416 g/mol. The van der Waals surface area contributed by atoms with E-state index < -0.39 is 0 Å². The van der Waals surface area contributed by atoms with Crippen LogP contribution in [-0.4, -0.2) is 19.1 Å². The minimum absolute atomic E-state index is 0.171. The number of fused-ring (bicyclic) bond motifs is 1. The molecule has 2 aromatic carbocycles. The molecule has 144 valence electrons. The van der Waals surface area contributed by atoms with Crippen LogP contribution in [0.25, 0.3) is 0 Å². The smallest absolute Gasteiger partial charge is 0.265 e. The molecule has 1 amide bonds. The minimum Gasteiger partial charge on any atom is -0.489 e. The molecule has 0 saturated heterocycles. The van der Waals surface area contributed by atoms with E-state index >= 15 is 0 Å². The summed E-state index contributed by atoms with van der Waals surface area (Å²) in [4.78, 5) is 13.1.